The fraction of sp³-hybridized carbons (Fsp3) is 0.214. The summed E-state index contributed by atoms with van der Waals surface area (Å²) in [6, 6.07) is 7.92. The van der Waals surface area contributed by atoms with Gasteiger partial charge in [-0.25, -0.2) is 9.37 Å². The van der Waals surface area contributed by atoms with Crippen molar-refractivity contribution in [2.24, 2.45) is 0 Å². The van der Waals surface area contributed by atoms with Gasteiger partial charge in [-0.2, -0.15) is 13.2 Å². The summed E-state index contributed by atoms with van der Waals surface area (Å²) in [4.78, 5) is 3.71. The van der Waals surface area contributed by atoms with Crippen molar-refractivity contribution in [3.05, 3.63) is 59.5 Å². The number of hydrogen-bond acceptors (Lipinski definition) is 2. The average molecular weight is 284 g/mol. The Morgan fingerprint density at radius 3 is 2.45 bits per heavy atom. The van der Waals surface area contributed by atoms with E-state index in [0.717, 1.165) is 12.3 Å². The summed E-state index contributed by atoms with van der Waals surface area (Å²) in [7, 11) is 0. The van der Waals surface area contributed by atoms with Crippen LogP contribution in [0.3, 0.4) is 0 Å². The molecule has 1 atom stereocenters. The lowest BCUT2D eigenvalue weighted by Crippen LogP contribution is -2.10. The van der Waals surface area contributed by atoms with E-state index in [1.54, 1.807) is 19.1 Å². The number of benzene rings is 1. The molecular formula is C14H12F4N2. The number of nitrogens with one attached hydrogen (secondary N) is 1. The van der Waals surface area contributed by atoms with Crippen LogP contribution in [-0.4, -0.2) is 4.98 Å². The second kappa shape index (κ2) is 5.48. The summed E-state index contributed by atoms with van der Waals surface area (Å²) in [6.07, 6.45) is -3.64. The highest BCUT2D eigenvalue weighted by Gasteiger charge is 2.30. The molecule has 0 bridgehead atoms. The minimum absolute atomic E-state index is 0.269. The largest absolute Gasteiger partial charge is 0.417 e. The van der Waals surface area contributed by atoms with E-state index in [9.17, 15) is 17.6 Å². The summed E-state index contributed by atoms with van der Waals surface area (Å²) < 4.78 is 50.3. The van der Waals surface area contributed by atoms with E-state index in [1.165, 1.54) is 18.2 Å². The normalized spacial score (nSPS) is 13.1. The topological polar surface area (TPSA) is 24.9 Å². The third-order valence-corrected chi connectivity index (χ3v) is 2.80. The van der Waals surface area contributed by atoms with Crippen LogP contribution >= 0.6 is 0 Å². The molecule has 2 rings (SSSR count). The van der Waals surface area contributed by atoms with E-state index in [1.807, 2.05) is 0 Å². The van der Waals surface area contributed by atoms with Crippen LogP contribution in [0, 0.1) is 5.82 Å². The fourth-order valence-electron chi connectivity index (χ4n) is 1.73. The third-order valence-electron chi connectivity index (χ3n) is 2.80. The van der Waals surface area contributed by atoms with Crippen molar-refractivity contribution in [1.29, 1.82) is 0 Å². The van der Waals surface area contributed by atoms with Gasteiger partial charge in [0.15, 0.2) is 0 Å². The first-order valence-corrected chi connectivity index (χ1v) is 5.91. The molecule has 2 nitrogen and oxygen atoms in total. The smallest absolute Gasteiger partial charge is 0.364 e. The van der Waals surface area contributed by atoms with E-state index in [-0.39, 0.29) is 11.9 Å². The molecule has 0 fully saturated rings. The van der Waals surface area contributed by atoms with Crippen molar-refractivity contribution in [3.8, 4) is 0 Å². The van der Waals surface area contributed by atoms with Crippen LogP contribution in [0.4, 0.5) is 23.4 Å². The maximum absolute atomic E-state index is 13.1. The molecule has 0 aliphatic rings. The highest BCUT2D eigenvalue weighted by molar-refractivity contribution is 5.39. The SMILES string of the molecule is CC(Nc1ccc(C(F)(F)F)cn1)c1cccc(F)c1. The minimum atomic E-state index is -4.40. The first-order valence-electron chi connectivity index (χ1n) is 5.91. The van der Waals surface area contributed by atoms with Crippen LogP contribution < -0.4 is 5.32 Å². The Balaban J connectivity index is 2.10. The molecular weight excluding hydrogens is 272 g/mol. The summed E-state index contributed by atoms with van der Waals surface area (Å²) in [6.45, 7) is 1.77. The van der Waals surface area contributed by atoms with Gasteiger partial charge in [0.25, 0.3) is 0 Å². The number of halogens is 4. The Morgan fingerprint density at radius 2 is 1.90 bits per heavy atom. The lowest BCUT2D eigenvalue weighted by atomic mass is 10.1. The molecule has 1 N–H and O–H groups in total. The van der Waals surface area contributed by atoms with Crippen molar-refractivity contribution in [3.63, 3.8) is 0 Å². The van der Waals surface area contributed by atoms with Crippen LogP contribution in [0.1, 0.15) is 24.1 Å². The first kappa shape index (κ1) is 14.3. The Bertz CT molecular complexity index is 578. The highest BCUT2D eigenvalue weighted by atomic mass is 19.4. The summed E-state index contributed by atoms with van der Waals surface area (Å²) in [5.74, 6) is -0.0636. The molecule has 0 radical (unpaired) electrons. The molecule has 20 heavy (non-hydrogen) atoms. The minimum Gasteiger partial charge on any atom is -0.364 e. The predicted octanol–water partition coefficient (Wildman–Crippen LogP) is 4.41. The summed E-state index contributed by atoms with van der Waals surface area (Å²) in [5.41, 5.74) is -0.117. The third kappa shape index (κ3) is 3.46. The van der Waals surface area contributed by atoms with Crippen molar-refractivity contribution >= 4 is 5.82 Å². The quantitative estimate of drug-likeness (QED) is 0.844. The van der Waals surface area contributed by atoms with Gasteiger partial charge in [0.05, 0.1) is 11.6 Å². The van der Waals surface area contributed by atoms with Gasteiger partial charge < -0.3 is 5.32 Å². The zero-order valence-corrected chi connectivity index (χ0v) is 10.6. The van der Waals surface area contributed by atoms with Crippen LogP contribution in [0.15, 0.2) is 42.6 Å². The van der Waals surface area contributed by atoms with E-state index >= 15 is 0 Å². The van der Waals surface area contributed by atoms with Crippen molar-refractivity contribution in [1.82, 2.24) is 4.98 Å². The molecule has 0 amide bonds. The van der Waals surface area contributed by atoms with Crippen molar-refractivity contribution in [2.45, 2.75) is 19.1 Å². The van der Waals surface area contributed by atoms with Crippen LogP contribution in [0.25, 0.3) is 0 Å². The Morgan fingerprint density at radius 1 is 1.15 bits per heavy atom. The number of aromatic nitrogens is 1. The number of rotatable bonds is 3. The van der Waals surface area contributed by atoms with Gasteiger partial charge in [-0.1, -0.05) is 12.1 Å². The van der Waals surface area contributed by atoms with Crippen LogP contribution in [-0.2, 0) is 6.18 Å². The highest BCUT2D eigenvalue weighted by Crippen LogP contribution is 2.29. The molecule has 0 saturated heterocycles. The molecule has 6 heteroatoms. The maximum atomic E-state index is 13.1. The number of hydrogen-bond donors (Lipinski definition) is 1. The average Bonchev–Trinajstić information content (AvgIpc) is 2.38. The zero-order valence-electron chi connectivity index (χ0n) is 10.6. The second-order valence-electron chi connectivity index (χ2n) is 4.35. The maximum Gasteiger partial charge on any atom is 0.417 e. The number of pyridine rings is 1. The molecule has 0 spiro atoms. The number of nitrogens with zero attached hydrogens (tertiary/aromatic N) is 1. The van der Waals surface area contributed by atoms with E-state index in [4.69, 9.17) is 0 Å². The molecule has 106 valence electrons. The molecule has 0 aliphatic heterocycles. The lowest BCUT2D eigenvalue weighted by Gasteiger charge is -2.15. The van der Waals surface area contributed by atoms with Gasteiger partial charge in [-0.05, 0) is 36.8 Å². The zero-order chi connectivity index (χ0) is 14.8. The summed E-state index contributed by atoms with van der Waals surface area (Å²) in [5, 5.41) is 2.92. The van der Waals surface area contributed by atoms with E-state index in [0.29, 0.717) is 11.4 Å². The standard InChI is InChI=1S/C14H12F4N2/c1-9(10-3-2-4-12(15)7-10)20-13-6-5-11(8-19-13)14(16,17)18/h2-9H,1H3,(H,19,20). The molecule has 1 aromatic carbocycles. The van der Waals surface area contributed by atoms with Gasteiger partial charge in [0, 0.05) is 6.20 Å². The Hall–Kier alpha value is -2.11. The Kier molecular flexibility index (Phi) is 3.92. The molecule has 1 aromatic heterocycles. The van der Waals surface area contributed by atoms with Gasteiger partial charge >= 0.3 is 6.18 Å². The fourth-order valence-corrected chi connectivity index (χ4v) is 1.73. The van der Waals surface area contributed by atoms with Gasteiger partial charge in [0.1, 0.15) is 11.6 Å². The molecule has 0 saturated carbocycles. The van der Waals surface area contributed by atoms with Crippen molar-refractivity contribution in [2.75, 3.05) is 5.32 Å². The lowest BCUT2D eigenvalue weighted by molar-refractivity contribution is -0.137. The Labute approximate surface area is 113 Å². The summed E-state index contributed by atoms with van der Waals surface area (Å²) >= 11 is 0. The number of alkyl halides is 3. The second-order valence-corrected chi connectivity index (χ2v) is 4.35. The molecule has 0 aliphatic carbocycles. The van der Waals surface area contributed by atoms with Crippen LogP contribution in [0.5, 0.6) is 0 Å². The monoisotopic (exact) mass is 284 g/mol. The van der Waals surface area contributed by atoms with E-state index in [2.05, 4.69) is 10.3 Å². The number of anilines is 1. The van der Waals surface area contributed by atoms with Gasteiger partial charge in [-0.3, -0.25) is 0 Å². The molecule has 1 heterocycles. The van der Waals surface area contributed by atoms with Crippen molar-refractivity contribution < 1.29 is 17.6 Å². The van der Waals surface area contributed by atoms with E-state index < -0.39 is 11.7 Å². The van der Waals surface area contributed by atoms with Crippen LogP contribution in [0.2, 0.25) is 0 Å². The molecule has 2 aromatic rings. The van der Waals surface area contributed by atoms with Gasteiger partial charge in [-0.15, -0.1) is 0 Å². The first-order chi connectivity index (χ1) is 9.36. The van der Waals surface area contributed by atoms with Gasteiger partial charge in [0.2, 0.25) is 0 Å². The molecule has 1 unspecified atom stereocenters. The predicted molar refractivity (Wildman–Crippen MR) is 67.7 cm³/mol.